The van der Waals surface area contributed by atoms with E-state index in [4.69, 9.17) is 21.1 Å². The monoisotopic (exact) mass is 390 g/mol. The molecular formula is C18H15ClN2O4S. The van der Waals surface area contributed by atoms with Crippen LogP contribution in [0.2, 0.25) is 5.02 Å². The van der Waals surface area contributed by atoms with Crippen LogP contribution >= 0.6 is 22.9 Å². The van der Waals surface area contributed by atoms with Crippen LogP contribution in [0.5, 0.6) is 0 Å². The van der Waals surface area contributed by atoms with Crippen molar-refractivity contribution < 1.29 is 19.1 Å². The molecule has 0 fully saturated rings. The standard InChI is InChI=1S/C18H15ClN2O4S/c1-10-20-12-7-8-13(14(19)16(12)26-10)21-9-5-4-6-11(17(22)24-2)15(21)18(23)25-3/h4-9H,1-3H3. The molecule has 1 aromatic heterocycles. The van der Waals surface area contributed by atoms with Crippen LogP contribution in [0.25, 0.3) is 10.2 Å². The maximum absolute atomic E-state index is 12.5. The van der Waals surface area contributed by atoms with Crippen LogP contribution in [0.15, 0.2) is 47.8 Å². The summed E-state index contributed by atoms with van der Waals surface area (Å²) in [4.78, 5) is 30.6. The van der Waals surface area contributed by atoms with Gasteiger partial charge in [0.25, 0.3) is 0 Å². The highest BCUT2D eigenvalue weighted by atomic mass is 35.5. The molecule has 1 aromatic carbocycles. The van der Waals surface area contributed by atoms with E-state index in [1.54, 1.807) is 24.4 Å². The van der Waals surface area contributed by atoms with Gasteiger partial charge in [-0.05, 0) is 31.2 Å². The second-order valence-electron chi connectivity index (χ2n) is 5.30. The van der Waals surface area contributed by atoms with Gasteiger partial charge in [-0.15, -0.1) is 11.3 Å². The Balaban J connectivity index is 2.25. The van der Waals surface area contributed by atoms with Crippen molar-refractivity contribution in [3.8, 4) is 0 Å². The highest BCUT2D eigenvalue weighted by Crippen LogP contribution is 2.39. The van der Waals surface area contributed by atoms with Crippen molar-refractivity contribution in [1.29, 1.82) is 0 Å². The Morgan fingerprint density at radius 3 is 2.58 bits per heavy atom. The molecule has 26 heavy (non-hydrogen) atoms. The summed E-state index contributed by atoms with van der Waals surface area (Å²) in [6, 6.07) is 3.57. The first-order valence-corrected chi connectivity index (χ1v) is 8.78. The molecule has 2 heterocycles. The number of esters is 2. The van der Waals surface area contributed by atoms with E-state index in [9.17, 15) is 9.59 Å². The number of aromatic nitrogens is 1. The van der Waals surface area contributed by atoms with Gasteiger partial charge in [-0.2, -0.15) is 0 Å². The van der Waals surface area contributed by atoms with E-state index < -0.39 is 11.9 Å². The summed E-state index contributed by atoms with van der Waals surface area (Å²) in [5.41, 5.74) is 1.40. The maximum Gasteiger partial charge on any atom is 0.355 e. The fraction of sp³-hybridized carbons (Fsp3) is 0.167. The van der Waals surface area contributed by atoms with Crippen molar-refractivity contribution in [2.45, 2.75) is 6.92 Å². The van der Waals surface area contributed by atoms with E-state index in [0.29, 0.717) is 10.7 Å². The first kappa shape index (κ1) is 18.2. The van der Waals surface area contributed by atoms with Gasteiger partial charge in [0.1, 0.15) is 5.70 Å². The summed E-state index contributed by atoms with van der Waals surface area (Å²) in [6.07, 6.45) is 6.47. The molecule has 0 saturated heterocycles. The molecule has 8 heteroatoms. The van der Waals surface area contributed by atoms with Crippen LogP contribution in [-0.4, -0.2) is 31.1 Å². The van der Waals surface area contributed by atoms with Crippen molar-refractivity contribution in [3.63, 3.8) is 0 Å². The first-order valence-electron chi connectivity index (χ1n) is 7.58. The third kappa shape index (κ3) is 3.11. The van der Waals surface area contributed by atoms with Gasteiger partial charge in [-0.3, -0.25) is 0 Å². The Morgan fingerprint density at radius 2 is 1.88 bits per heavy atom. The largest absolute Gasteiger partial charge is 0.465 e. The SMILES string of the molecule is COC(=O)C1=C(C(=O)OC)N(c2ccc3nc(C)sc3c2Cl)C=CC=C1. The molecule has 0 saturated carbocycles. The van der Waals surface area contributed by atoms with Gasteiger partial charge in [0.05, 0.1) is 45.7 Å². The Hall–Kier alpha value is -2.64. The minimum absolute atomic E-state index is 0.0202. The molecule has 3 rings (SSSR count). The lowest BCUT2D eigenvalue weighted by atomic mass is 10.1. The topological polar surface area (TPSA) is 68.7 Å². The van der Waals surface area contributed by atoms with Crippen LogP contribution in [0, 0.1) is 6.92 Å². The van der Waals surface area contributed by atoms with E-state index in [1.165, 1.54) is 36.5 Å². The number of halogens is 1. The lowest BCUT2D eigenvalue weighted by Gasteiger charge is -2.24. The smallest absolute Gasteiger partial charge is 0.355 e. The fourth-order valence-electron chi connectivity index (χ4n) is 2.60. The number of rotatable bonds is 3. The van der Waals surface area contributed by atoms with Gasteiger partial charge in [0.15, 0.2) is 0 Å². The van der Waals surface area contributed by atoms with Crippen LogP contribution in [0.1, 0.15) is 5.01 Å². The molecule has 0 N–H and O–H groups in total. The minimum Gasteiger partial charge on any atom is -0.465 e. The second-order valence-corrected chi connectivity index (χ2v) is 6.88. The second kappa shape index (κ2) is 7.31. The van der Waals surface area contributed by atoms with Gasteiger partial charge in [-0.25, -0.2) is 14.6 Å². The molecule has 1 aliphatic heterocycles. The molecular weight excluding hydrogens is 376 g/mol. The highest BCUT2D eigenvalue weighted by Gasteiger charge is 2.29. The number of benzene rings is 1. The number of hydrogen-bond acceptors (Lipinski definition) is 7. The minimum atomic E-state index is -0.682. The summed E-state index contributed by atoms with van der Waals surface area (Å²) in [6.45, 7) is 1.89. The van der Waals surface area contributed by atoms with Crippen molar-refractivity contribution >= 4 is 50.8 Å². The molecule has 134 valence electrons. The van der Waals surface area contributed by atoms with Crippen molar-refractivity contribution in [2.24, 2.45) is 0 Å². The molecule has 0 aliphatic carbocycles. The lowest BCUT2D eigenvalue weighted by molar-refractivity contribution is -0.139. The predicted molar refractivity (Wildman–Crippen MR) is 101 cm³/mol. The van der Waals surface area contributed by atoms with Crippen LogP contribution in [0.4, 0.5) is 5.69 Å². The molecule has 1 aliphatic rings. The number of methoxy groups -OCH3 is 2. The van der Waals surface area contributed by atoms with Crippen molar-refractivity contribution in [1.82, 2.24) is 4.98 Å². The quantitative estimate of drug-likeness (QED) is 0.743. The fourth-order valence-corrected chi connectivity index (χ4v) is 3.82. The summed E-state index contributed by atoms with van der Waals surface area (Å²) < 4.78 is 10.5. The number of fused-ring (bicyclic) bond motifs is 1. The number of nitrogens with zero attached hydrogens (tertiary/aromatic N) is 2. The average molecular weight is 391 g/mol. The number of allylic oxidation sites excluding steroid dienone is 2. The van der Waals surface area contributed by atoms with Crippen molar-refractivity contribution in [3.05, 3.63) is 57.9 Å². The molecule has 0 radical (unpaired) electrons. The molecule has 2 aromatic rings. The zero-order valence-electron chi connectivity index (χ0n) is 14.3. The first-order chi connectivity index (χ1) is 12.5. The van der Waals surface area contributed by atoms with Gasteiger partial charge in [-0.1, -0.05) is 17.7 Å². The van der Waals surface area contributed by atoms with Crippen LogP contribution in [0.3, 0.4) is 0 Å². The van der Waals surface area contributed by atoms with E-state index in [-0.39, 0.29) is 11.3 Å². The van der Waals surface area contributed by atoms with E-state index in [2.05, 4.69) is 4.98 Å². The molecule has 0 atom stereocenters. The molecule has 0 spiro atoms. The number of carbonyl (C=O) groups is 2. The molecule has 0 bridgehead atoms. The maximum atomic E-state index is 12.5. The lowest BCUT2D eigenvalue weighted by Crippen LogP contribution is -2.27. The van der Waals surface area contributed by atoms with E-state index in [1.807, 2.05) is 13.0 Å². The summed E-state index contributed by atoms with van der Waals surface area (Å²) >= 11 is 8.06. The third-order valence-corrected chi connectivity index (χ3v) is 5.23. The zero-order valence-corrected chi connectivity index (χ0v) is 15.9. The molecule has 6 nitrogen and oxygen atoms in total. The van der Waals surface area contributed by atoms with Gasteiger partial charge in [0, 0.05) is 6.20 Å². The number of hydrogen-bond donors (Lipinski definition) is 0. The Morgan fingerprint density at radius 1 is 1.15 bits per heavy atom. The average Bonchev–Trinajstić information content (AvgIpc) is 2.89. The number of ether oxygens (including phenoxy) is 2. The van der Waals surface area contributed by atoms with Gasteiger partial charge >= 0.3 is 11.9 Å². The van der Waals surface area contributed by atoms with Crippen molar-refractivity contribution in [2.75, 3.05) is 19.1 Å². The molecule has 0 unspecified atom stereocenters. The van der Waals surface area contributed by atoms with E-state index in [0.717, 1.165) is 15.2 Å². The Labute approximate surface area is 159 Å². The number of carbonyl (C=O) groups excluding carboxylic acids is 2. The summed E-state index contributed by atoms with van der Waals surface area (Å²) in [5.74, 6) is -1.33. The third-order valence-electron chi connectivity index (χ3n) is 3.73. The van der Waals surface area contributed by atoms with Gasteiger partial charge in [0.2, 0.25) is 0 Å². The summed E-state index contributed by atoms with van der Waals surface area (Å²) in [7, 11) is 2.50. The van der Waals surface area contributed by atoms with Crippen LogP contribution in [-0.2, 0) is 19.1 Å². The number of aryl methyl sites for hydroxylation is 1. The Bertz CT molecular complexity index is 990. The number of thiazole rings is 1. The van der Waals surface area contributed by atoms with E-state index >= 15 is 0 Å². The Kier molecular flexibility index (Phi) is 5.11. The summed E-state index contributed by atoms with van der Waals surface area (Å²) in [5, 5.41) is 1.32. The normalized spacial score (nSPS) is 13.9. The highest BCUT2D eigenvalue weighted by molar-refractivity contribution is 7.19. The zero-order chi connectivity index (χ0) is 18.8. The number of anilines is 1. The van der Waals surface area contributed by atoms with Gasteiger partial charge < -0.3 is 14.4 Å². The molecule has 0 amide bonds. The predicted octanol–water partition coefficient (Wildman–Crippen LogP) is 3.75. The van der Waals surface area contributed by atoms with Crippen LogP contribution < -0.4 is 4.90 Å².